The molecule has 2 unspecified atom stereocenters. The SMILES string of the molecule is CC1CN(c2ccc(NC(=O)c3ccc(Cl)cc3)cc2)C(C)CO1. The molecular formula is C19H21ClN2O2. The summed E-state index contributed by atoms with van der Waals surface area (Å²) in [6.45, 7) is 5.84. The van der Waals surface area contributed by atoms with Crippen LogP contribution in [0.5, 0.6) is 0 Å². The summed E-state index contributed by atoms with van der Waals surface area (Å²) in [4.78, 5) is 14.6. The number of nitrogens with one attached hydrogen (secondary N) is 1. The number of carbonyl (C=O) groups is 1. The Kier molecular flexibility index (Phi) is 5.07. The maximum Gasteiger partial charge on any atom is 0.255 e. The number of amides is 1. The van der Waals surface area contributed by atoms with Crippen molar-refractivity contribution in [3.63, 3.8) is 0 Å². The van der Waals surface area contributed by atoms with Crippen molar-refractivity contribution in [1.82, 2.24) is 0 Å². The lowest BCUT2D eigenvalue weighted by Gasteiger charge is -2.38. The third-order valence-corrected chi connectivity index (χ3v) is 4.42. The third kappa shape index (κ3) is 3.89. The topological polar surface area (TPSA) is 41.6 Å². The molecule has 0 aromatic heterocycles. The van der Waals surface area contributed by atoms with Gasteiger partial charge in [-0.1, -0.05) is 11.6 Å². The van der Waals surface area contributed by atoms with Crippen LogP contribution in [0.15, 0.2) is 48.5 Å². The molecule has 5 heteroatoms. The Hall–Kier alpha value is -2.04. The fourth-order valence-electron chi connectivity index (χ4n) is 2.80. The number of halogens is 1. The maximum absolute atomic E-state index is 12.2. The molecule has 2 atom stereocenters. The minimum absolute atomic E-state index is 0.146. The minimum atomic E-state index is -0.146. The van der Waals surface area contributed by atoms with Crippen molar-refractivity contribution in [2.24, 2.45) is 0 Å². The van der Waals surface area contributed by atoms with Crippen molar-refractivity contribution >= 4 is 28.9 Å². The van der Waals surface area contributed by atoms with Gasteiger partial charge >= 0.3 is 0 Å². The van der Waals surface area contributed by atoms with E-state index in [0.717, 1.165) is 24.5 Å². The Labute approximate surface area is 147 Å². The summed E-state index contributed by atoms with van der Waals surface area (Å²) in [7, 11) is 0. The molecule has 2 aromatic rings. The molecule has 1 heterocycles. The van der Waals surface area contributed by atoms with Gasteiger partial charge in [0.25, 0.3) is 5.91 Å². The van der Waals surface area contributed by atoms with Gasteiger partial charge < -0.3 is 15.0 Å². The lowest BCUT2D eigenvalue weighted by atomic mass is 10.1. The molecule has 0 spiro atoms. The highest BCUT2D eigenvalue weighted by molar-refractivity contribution is 6.30. The van der Waals surface area contributed by atoms with Crippen LogP contribution in [-0.2, 0) is 4.74 Å². The second-order valence-corrected chi connectivity index (χ2v) is 6.59. The van der Waals surface area contributed by atoms with Gasteiger partial charge in [-0.05, 0) is 62.4 Å². The van der Waals surface area contributed by atoms with E-state index in [9.17, 15) is 4.79 Å². The molecule has 0 bridgehead atoms. The highest BCUT2D eigenvalue weighted by atomic mass is 35.5. The smallest absolute Gasteiger partial charge is 0.255 e. The monoisotopic (exact) mass is 344 g/mol. The van der Waals surface area contributed by atoms with E-state index in [4.69, 9.17) is 16.3 Å². The van der Waals surface area contributed by atoms with Crippen molar-refractivity contribution in [1.29, 1.82) is 0 Å². The Morgan fingerprint density at radius 2 is 1.79 bits per heavy atom. The minimum Gasteiger partial charge on any atom is -0.375 e. The number of hydrogen-bond acceptors (Lipinski definition) is 3. The number of ether oxygens (including phenoxy) is 1. The molecule has 0 aliphatic carbocycles. The molecule has 1 saturated heterocycles. The Bertz CT molecular complexity index is 700. The second kappa shape index (κ2) is 7.24. The molecule has 1 aliphatic rings. The molecular weight excluding hydrogens is 324 g/mol. The molecule has 2 aromatic carbocycles. The van der Waals surface area contributed by atoms with Crippen LogP contribution in [0.1, 0.15) is 24.2 Å². The predicted molar refractivity (Wildman–Crippen MR) is 98.1 cm³/mol. The van der Waals surface area contributed by atoms with E-state index in [-0.39, 0.29) is 12.0 Å². The molecule has 1 aliphatic heterocycles. The summed E-state index contributed by atoms with van der Waals surface area (Å²) in [6.07, 6.45) is 0.227. The van der Waals surface area contributed by atoms with Crippen LogP contribution >= 0.6 is 11.6 Å². The number of anilines is 2. The fraction of sp³-hybridized carbons (Fsp3) is 0.316. The van der Waals surface area contributed by atoms with Crippen molar-refractivity contribution in [2.75, 3.05) is 23.4 Å². The van der Waals surface area contributed by atoms with Gasteiger partial charge in [-0.25, -0.2) is 0 Å². The van der Waals surface area contributed by atoms with Gasteiger partial charge in [0.1, 0.15) is 0 Å². The van der Waals surface area contributed by atoms with Crippen molar-refractivity contribution in [3.05, 3.63) is 59.1 Å². The van der Waals surface area contributed by atoms with Crippen LogP contribution in [0, 0.1) is 0 Å². The van der Waals surface area contributed by atoms with Crippen LogP contribution in [0.3, 0.4) is 0 Å². The number of nitrogens with zero attached hydrogens (tertiary/aromatic N) is 1. The highest BCUT2D eigenvalue weighted by Crippen LogP contribution is 2.24. The zero-order valence-electron chi connectivity index (χ0n) is 13.8. The largest absolute Gasteiger partial charge is 0.375 e. The lowest BCUT2D eigenvalue weighted by Crippen LogP contribution is -2.47. The first-order chi connectivity index (χ1) is 11.5. The van der Waals surface area contributed by atoms with Crippen LogP contribution in [0.4, 0.5) is 11.4 Å². The molecule has 0 radical (unpaired) electrons. The first-order valence-corrected chi connectivity index (χ1v) is 8.46. The zero-order valence-corrected chi connectivity index (χ0v) is 14.6. The lowest BCUT2D eigenvalue weighted by molar-refractivity contribution is 0.0344. The molecule has 4 nitrogen and oxygen atoms in total. The van der Waals surface area contributed by atoms with Crippen LogP contribution in [0.25, 0.3) is 0 Å². The Balaban J connectivity index is 1.68. The fourth-order valence-corrected chi connectivity index (χ4v) is 2.93. The van der Waals surface area contributed by atoms with E-state index in [1.807, 2.05) is 24.3 Å². The van der Waals surface area contributed by atoms with Crippen LogP contribution in [-0.4, -0.2) is 31.2 Å². The van der Waals surface area contributed by atoms with E-state index in [2.05, 4.69) is 24.1 Å². The van der Waals surface area contributed by atoms with E-state index < -0.39 is 0 Å². The summed E-state index contributed by atoms with van der Waals surface area (Å²) in [6, 6.07) is 15.1. The summed E-state index contributed by atoms with van der Waals surface area (Å²) >= 11 is 5.84. The highest BCUT2D eigenvalue weighted by Gasteiger charge is 2.23. The molecule has 0 saturated carbocycles. The van der Waals surface area contributed by atoms with Gasteiger partial charge in [-0.3, -0.25) is 4.79 Å². The van der Waals surface area contributed by atoms with Crippen LogP contribution in [0.2, 0.25) is 5.02 Å². The molecule has 24 heavy (non-hydrogen) atoms. The van der Waals surface area contributed by atoms with Gasteiger partial charge in [-0.15, -0.1) is 0 Å². The van der Waals surface area contributed by atoms with E-state index in [0.29, 0.717) is 16.6 Å². The summed E-state index contributed by atoms with van der Waals surface area (Å²) < 4.78 is 5.67. The first-order valence-electron chi connectivity index (χ1n) is 8.08. The number of carbonyl (C=O) groups excluding carboxylic acids is 1. The van der Waals surface area contributed by atoms with Crippen molar-refractivity contribution < 1.29 is 9.53 Å². The number of hydrogen-bond donors (Lipinski definition) is 1. The molecule has 1 N–H and O–H groups in total. The standard InChI is InChI=1S/C19H21ClN2O2/c1-13-12-24-14(2)11-22(13)18-9-7-17(8-10-18)21-19(23)15-3-5-16(20)6-4-15/h3-10,13-14H,11-12H2,1-2H3,(H,21,23). The van der Waals surface area contributed by atoms with Gasteiger partial charge in [0, 0.05) is 34.5 Å². The predicted octanol–water partition coefficient (Wildman–Crippen LogP) is 4.21. The number of benzene rings is 2. The number of morpholine rings is 1. The second-order valence-electron chi connectivity index (χ2n) is 6.15. The molecule has 126 valence electrons. The maximum atomic E-state index is 12.2. The molecule has 1 fully saturated rings. The van der Waals surface area contributed by atoms with Crippen LogP contribution < -0.4 is 10.2 Å². The average molecular weight is 345 g/mol. The number of rotatable bonds is 3. The van der Waals surface area contributed by atoms with Gasteiger partial charge in [0.2, 0.25) is 0 Å². The quantitative estimate of drug-likeness (QED) is 0.907. The van der Waals surface area contributed by atoms with Crippen molar-refractivity contribution in [2.45, 2.75) is 26.0 Å². The van der Waals surface area contributed by atoms with Gasteiger partial charge in [0.15, 0.2) is 0 Å². The van der Waals surface area contributed by atoms with Crippen molar-refractivity contribution in [3.8, 4) is 0 Å². The summed E-state index contributed by atoms with van der Waals surface area (Å²) in [5.41, 5.74) is 2.49. The Morgan fingerprint density at radius 3 is 2.46 bits per heavy atom. The van der Waals surface area contributed by atoms with E-state index in [1.54, 1.807) is 24.3 Å². The van der Waals surface area contributed by atoms with Gasteiger partial charge in [-0.2, -0.15) is 0 Å². The van der Waals surface area contributed by atoms with Gasteiger partial charge in [0.05, 0.1) is 12.7 Å². The Morgan fingerprint density at radius 1 is 1.12 bits per heavy atom. The van der Waals surface area contributed by atoms with E-state index in [1.165, 1.54) is 0 Å². The van der Waals surface area contributed by atoms with E-state index >= 15 is 0 Å². The molecule has 3 rings (SSSR count). The zero-order chi connectivity index (χ0) is 17.1. The first kappa shape index (κ1) is 16.8. The summed E-state index contributed by atoms with van der Waals surface area (Å²) in [5.74, 6) is -0.146. The summed E-state index contributed by atoms with van der Waals surface area (Å²) in [5, 5.41) is 3.52. The molecule has 1 amide bonds. The normalized spacial score (nSPS) is 20.7. The average Bonchev–Trinajstić information content (AvgIpc) is 2.58. The third-order valence-electron chi connectivity index (χ3n) is 4.17.